The minimum absolute atomic E-state index is 0.0487. The molecule has 0 aliphatic carbocycles. The average Bonchev–Trinajstić information content (AvgIpc) is 2.81. The molecule has 2 fully saturated rings. The van der Waals surface area contributed by atoms with Crippen LogP contribution in [0.2, 0.25) is 0 Å². The summed E-state index contributed by atoms with van der Waals surface area (Å²) < 4.78 is 12.8. The summed E-state index contributed by atoms with van der Waals surface area (Å²) in [6.07, 6.45) is 2.81. The van der Waals surface area contributed by atoms with Crippen LogP contribution in [-0.4, -0.2) is 52.9 Å². The summed E-state index contributed by atoms with van der Waals surface area (Å²) in [5.74, 6) is -0.349. The molecule has 6 nitrogen and oxygen atoms in total. The van der Waals surface area contributed by atoms with Crippen molar-refractivity contribution >= 4 is 11.9 Å². The lowest BCUT2D eigenvalue weighted by Gasteiger charge is -2.35. The van der Waals surface area contributed by atoms with E-state index < -0.39 is 5.82 Å². The Labute approximate surface area is 128 Å². The molecule has 0 saturated carbocycles. The lowest BCUT2D eigenvalue weighted by atomic mass is 9.92. The second-order valence-corrected chi connectivity index (χ2v) is 5.85. The largest absolute Gasteiger partial charge is 0.343 e. The van der Waals surface area contributed by atoms with Gasteiger partial charge in [0.25, 0.3) is 0 Å². The molecule has 7 heteroatoms. The highest BCUT2D eigenvalue weighted by Crippen LogP contribution is 2.30. The van der Waals surface area contributed by atoms with E-state index in [0.717, 1.165) is 19.0 Å². The third kappa shape index (κ3) is 2.75. The highest BCUT2D eigenvalue weighted by Gasteiger charge is 2.45. The van der Waals surface area contributed by atoms with Gasteiger partial charge in [0.2, 0.25) is 5.91 Å². The number of carbonyl (C=O) groups is 2. The van der Waals surface area contributed by atoms with Gasteiger partial charge in [-0.15, -0.1) is 0 Å². The normalized spacial score (nSPS) is 24.4. The van der Waals surface area contributed by atoms with Crippen LogP contribution < -0.4 is 5.32 Å². The Balaban J connectivity index is 1.62. The molecule has 118 valence electrons. The number of nitrogens with one attached hydrogen (secondary N) is 1. The number of aromatic nitrogens is 1. The van der Waals surface area contributed by atoms with Crippen molar-refractivity contribution in [3.05, 3.63) is 29.8 Å². The number of likely N-dealkylation sites (N-methyl/N-ethyl adjacent to an activating group) is 1. The SMILES string of the molecule is CN1C[C@@H]2[C@@H](CCCN2C(=O)NCc2ccc(F)cn2)C1=O. The molecule has 0 radical (unpaired) electrons. The first-order valence-corrected chi connectivity index (χ1v) is 7.46. The summed E-state index contributed by atoms with van der Waals surface area (Å²) in [5, 5.41) is 2.80. The summed E-state index contributed by atoms with van der Waals surface area (Å²) in [6, 6.07) is 2.62. The Morgan fingerprint density at radius 3 is 3.05 bits per heavy atom. The number of fused-ring (bicyclic) bond motifs is 1. The van der Waals surface area contributed by atoms with Crippen LogP contribution in [0, 0.1) is 11.7 Å². The lowest BCUT2D eigenvalue weighted by Crippen LogP contribution is -2.52. The molecule has 0 spiro atoms. The van der Waals surface area contributed by atoms with E-state index in [1.807, 2.05) is 0 Å². The fourth-order valence-electron chi connectivity index (χ4n) is 3.26. The molecular formula is C15H19FN4O2. The second-order valence-electron chi connectivity index (χ2n) is 5.85. The fourth-order valence-corrected chi connectivity index (χ4v) is 3.26. The number of hydrogen-bond donors (Lipinski definition) is 1. The number of nitrogens with zero attached hydrogens (tertiary/aromatic N) is 3. The molecule has 0 bridgehead atoms. The number of likely N-dealkylation sites (tertiary alicyclic amines) is 2. The van der Waals surface area contributed by atoms with Gasteiger partial charge < -0.3 is 15.1 Å². The van der Waals surface area contributed by atoms with Crippen molar-refractivity contribution < 1.29 is 14.0 Å². The highest BCUT2D eigenvalue weighted by molar-refractivity contribution is 5.84. The first kappa shape index (κ1) is 14.7. The Kier molecular flexibility index (Phi) is 3.96. The predicted molar refractivity (Wildman–Crippen MR) is 77.3 cm³/mol. The summed E-state index contributed by atoms with van der Waals surface area (Å²) in [4.78, 5) is 31.8. The van der Waals surface area contributed by atoms with E-state index in [1.165, 1.54) is 6.07 Å². The van der Waals surface area contributed by atoms with Crippen molar-refractivity contribution in [1.29, 1.82) is 0 Å². The van der Waals surface area contributed by atoms with Crippen LogP contribution in [0.4, 0.5) is 9.18 Å². The van der Waals surface area contributed by atoms with E-state index in [4.69, 9.17) is 0 Å². The van der Waals surface area contributed by atoms with Crippen LogP contribution in [-0.2, 0) is 11.3 Å². The fraction of sp³-hybridized carbons (Fsp3) is 0.533. The maximum Gasteiger partial charge on any atom is 0.318 e. The number of amides is 3. The summed E-state index contributed by atoms with van der Waals surface area (Å²) in [5.41, 5.74) is 0.600. The van der Waals surface area contributed by atoms with Crippen LogP contribution in [0.5, 0.6) is 0 Å². The summed E-state index contributed by atoms with van der Waals surface area (Å²) in [7, 11) is 1.78. The molecule has 1 aromatic heterocycles. The molecule has 3 amide bonds. The minimum atomic E-state index is -0.401. The van der Waals surface area contributed by atoms with Gasteiger partial charge >= 0.3 is 6.03 Å². The Hall–Kier alpha value is -2.18. The Bertz CT molecular complexity index is 577. The zero-order valence-corrected chi connectivity index (χ0v) is 12.5. The smallest absolute Gasteiger partial charge is 0.318 e. The van der Waals surface area contributed by atoms with E-state index in [-0.39, 0.29) is 30.4 Å². The first-order chi connectivity index (χ1) is 10.6. The van der Waals surface area contributed by atoms with Gasteiger partial charge in [-0.1, -0.05) is 0 Å². The van der Waals surface area contributed by atoms with E-state index in [9.17, 15) is 14.0 Å². The number of urea groups is 1. The van der Waals surface area contributed by atoms with Gasteiger partial charge in [-0.05, 0) is 25.0 Å². The van der Waals surface area contributed by atoms with Crippen molar-refractivity contribution in [3.63, 3.8) is 0 Å². The molecular weight excluding hydrogens is 287 g/mol. The van der Waals surface area contributed by atoms with Gasteiger partial charge in [-0.2, -0.15) is 0 Å². The molecule has 2 aliphatic rings. The Morgan fingerprint density at radius 2 is 2.32 bits per heavy atom. The third-order valence-electron chi connectivity index (χ3n) is 4.40. The molecule has 0 aromatic carbocycles. The van der Waals surface area contributed by atoms with Gasteiger partial charge in [-0.3, -0.25) is 9.78 Å². The minimum Gasteiger partial charge on any atom is -0.343 e. The van der Waals surface area contributed by atoms with E-state index in [1.54, 1.807) is 22.9 Å². The number of halogens is 1. The van der Waals surface area contributed by atoms with E-state index >= 15 is 0 Å². The zero-order valence-electron chi connectivity index (χ0n) is 12.5. The van der Waals surface area contributed by atoms with Crippen molar-refractivity contribution in [2.75, 3.05) is 20.1 Å². The lowest BCUT2D eigenvalue weighted by molar-refractivity contribution is -0.130. The van der Waals surface area contributed by atoms with Crippen molar-refractivity contribution in [2.45, 2.75) is 25.4 Å². The molecule has 3 rings (SSSR count). The molecule has 22 heavy (non-hydrogen) atoms. The predicted octanol–water partition coefficient (Wildman–Crippen LogP) is 0.983. The highest BCUT2D eigenvalue weighted by atomic mass is 19.1. The van der Waals surface area contributed by atoms with Crippen LogP contribution in [0.15, 0.2) is 18.3 Å². The Morgan fingerprint density at radius 1 is 1.50 bits per heavy atom. The van der Waals surface area contributed by atoms with Gasteiger partial charge in [0.05, 0.1) is 30.4 Å². The maximum absolute atomic E-state index is 12.8. The second kappa shape index (κ2) is 5.90. The van der Waals surface area contributed by atoms with E-state index in [0.29, 0.717) is 18.8 Å². The van der Waals surface area contributed by atoms with Gasteiger partial charge in [0.15, 0.2) is 0 Å². The zero-order chi connectivity index (χ0) is 15.7. The van der Waals surface area contributed by atoms with Gasteiger partial charge in [-0.25, -0.2) is 9.18 Å². The first-order valence-electron chi connectivity index (χ1n) is 7.46. The molecule has 1 N–H and O–H groups in total. The number of pyridine rings is 1. The number of rotatable bonds is 2. The molecule has 3 heterocycles. The van der Waals surface area contributed by atoms with Crippen molar-refractivity contribution in [1.82, 2.24) is 20.1 Å². The van der Waals surface area contributed by atoms with E-state index in [2.05, 4.69) is 10.3 Å². The molecule has 2 atom stereocenters. The standard InChI is InChI=1S/C15H19FN4O2/c1-19-9-13-12(14(19)21)3-2-6-20(13)15(22)18-8-11-5-4-10(16)7-17-11/h4-5,7,12-13H,2-3,6,8-9H2,1H3,(H,18,22)/t12-,13-/m1/s1. The number of hydrogen-bond acceptors (Lipinski definition) is 3. The van der Waals surface area contributed by atoms with Crippen molar-refractivity contribution in [3.8, 4) is 0 Å². The quantitative estimate of drug-likeness (QED) is 0.886. The van der Waals surface area contributed by atoms with Crippen LogP contribution >= 0.6 is 0 Å². The monoisotopic (exact) mass is 306 g/mol. The molecule has 1 aromatic rings. The molecule has 2 saturated heterocycles. The topological polar surface area (TPSA) is 65.5 Å². The third-order valence-corrected chi connectivity index (χ3v) is 4.40. The number of carbonyl (C=O) groups excluding carboxylic acids is 2. The van der Waals surface area contributed by atoms with Gasteiger partial charge in [0, 0.05) is 20.1 Å². The summed E-state index contributed by atoms with van der Waals surface area (Å²) >= 11 is 0. The summed E-state index contributed by atoms with van der Waals surface area (Å²) in [6.45, 7) is 1.49. The maximum atomic E-state index is 12.8. The van der Waals surface area contributed by atoms with Gasteiger partial charge in [0.1, 0.15) is 5.82 Å². The number of piperidine rings is 1. The van der Waals surface area contributed by atoms with Crippen LogP contribution in [0.1, 0.15) is 18.5 Å². The molecule has 2 aliphatic heterocycles. The van der Waals surface area contributed by atoms with Crippen LogP contribution in [0.25, 0.3) is 0 Å². The average molecular weight is 306 g/mol. The van der Waals surface area contributed by atoms with Crippen molar-refractivity contribution in [2.24, 2.45) is 5.92 Å². The van der Waals surface area contributed by atoms with Crippen LogP contribution in [0.3, 0.4) is 0 Å². The molecule has 0 unspecified atom stereocenters.